The van der Waals surface area contributed by atoms with Crippen LogP contribution in [0.1, 0.15) is 0 Å². The highest BCUT2D eigenvalue weighted by Crippen LogP contribution is 2.42. The monoisotopic (exact) mass is 484 g/mol. The molecule has 0 aliphatic rings. The van der Waals surface area contributed by atoms with Crippen LogP contribution < -0.4 is 0 Å². The van der Waals surface area contributed by atoms with Gasteiger partial charge in [0.25, 0.3) is 0 Å². The summed E-state index contributed by atoms with van der Waals surface area (Å²) in [6, 6.07) is 45.4. The van der Waals surface area contributed by atoms with Gasteiger partial charge >= 0.3 is 0 Å². The summed E-state index contributed by atoms with van der Waals surface area (Å²) in [4.78, 5) is 2.62. The summed E-state index contributed by atoms with van der Waals surface area (Å²) < 4.78 is 0. The van der Waals surface area contributed by atoms with Gasteiger partial charge in [0.1, 0.15) is 0 Å². The molecule has 0 radical (unpaired) electrons. The molecule has 170 valence electrons. The van der Waals surface area contributed by atoms with Crippen LogP contribution in [0, 0.1) is 0 Å². The van der Waals surface area contributed by atoms with Gasteiger partial charge < -0.3 is 0 Å². The molecule has 0 amide bonds. The molecule has 0 aliphatic carbocycles. The third kappa shape index (κ3) is 2.72. The highest BCUT2D eigenvalue weighted by atomic mass is 32.1. The molecule has 0 nitrogen and oxygen atoms in total. The molecule has 0 spiro atoms. The lowest BCUT2D eigenvalue weighted by atomic mass is 9.92. The average Bonchev–Trinajstić information content (AvgIpc) is 3.45. The fraction of sp³-hybridized carbons (Fsp3) is 0. The summed E-state index contributed by atoms with van der Waals surface area (Å²) in [7, 11) is 0. The average molecular weight is 485 g/mol. The minimum atomic E-state index is 1.29. The number of rotatable bonds is 2. The third-order valence-corrected chi connectivity index (χ3v) is 9.28. The van der Waals surface area contributed by atoms with E-state index in [-0.39, 0.29) is 0 Å². The second kappa shape index (κ2) is 7.06. The first-order chi connectivity index (χ1) is 18.3. The Labute approximate surface area is 217 Å². The standard InChI is InChI=1S/C36H20S/c1-3-21-7-11-25-17-29(18-26-12-8-22(4-1)33(21)35(25)26)31-15-16-32(37-31)30-19-27-13-9-23-5-2-6-24-10-14-28(20-30)36(27)34(23)24/h1-20H. The first kappa shape index (κ1) is 19.7. The summed E-state index contributed by atoms with van der Waals surface area (Å²) in [5, 5.41) is 16.0. The Morgan fingerprint density at radius 1 is 0.297 bits per heavy atom. The highest BCUT2D eigenvalue weighted by Gasteiger charge is 2.14. The zero-order chi connectivity index (χ0) is 24.1. The molecule has 9 aromatic rings. The summed E-state index contributed by atoms with van der Waals surface area (Å²) in [6.07, 6.45) is 0. The number of thiophene rings is 1. The molecular formula is C36H20S. The molecule has 37 heavy (non-hydrogen) atoms. The van der Waals surface area contributed by atoms with Crippen LogP contribution in [-0.4, -0.2) is 0 Å². The molecule has 1 heterocycles. The molecule has 0 N–H and O–H groups in total. The highest BCUT2D eigenvalue weighted by molar-refractivity contribution is 7.18. The van der Waals surface area contributed by atoms with Crippen molar-refractivity contribution in [3.8, 4) is 20.9 Å². The van der Waals surface area contributed by atoms with Crippen molar-refractivity contribution in [2.24, 2.45) is 0 Å². The molecule has 0 atom stereocenters. The van der Waals surface area contributed by atoms with E-state index in [0.29, 0.717) is 0 Å². The summed E-state index contributed by atoms with van der Waals surface area (Å²) >= 11 is 1.88. The van der Waals surface area contributed by atoms with Crippen LogP contribution in [0.15, 0.2) is 121 Å². The SMILES string of the molecule is c1cc2ccc3cc(-c4ccc(-c5cc6ccc7cccc8ccc(c5)c6c78)s4)cc4ccc(c1)c2c34. The number of hydrogen-bond donors (Lipinski definition) is 0. The lowest BCUT2D eigenvalue weighted by molar-refractivity contribution is 1.76. The van der Waals surface area contributed by atoms with Crippen molar-refractivity contribution in [2.45, 2.75) is 0 Å². The van der Waals surface area contributed by atoms with Crippen LogP contribution in [0.25, 0.3) is 85.5 Å². The van der Waals surface area contributed by atoms with Gasteiger partial charge in [-0.3, -0.25) is 0 Å². The van der Waals surface area contributed by atoms with Crippen LogP contribution in [0.5, 0.6) is 0 Å². The summed E-state index contributed by atoms with van der Waals surface area (Å²) in [5.74, 6) is 0. The molecule has 0 saturated carbocycles. The van der Waals surface area contributed by atoms with E-state index >= 15 is 0 Å². The minimum absolute atomic E-state index is 1.29. The van der Waals surface area contributed by atoms with E-state index in [1.165, 1.54) is 85.5 Å². The molecule has 0 aliphatic heterocycles. The fourth-order valence-corrected chi connectivity index (χ4v) is 7.42. The number of hydrogen-bond acceptors (Lipinski definition) is 1. The Hall–Kier alpha value is -4.46. The van der Waals surface area contributed by atoms with Gasteiger partial charge in [0.2, 0.25) is 0 Å². The lowest BCUT2D eigenvalue weighted by Gasteiger charge is -2.12. The zero-order valence-corrected chi connectivity index (χ0v) is 20.8. The molecule has 1 heteroatoms. The minimum Gasteiger partial charge on any atom is -0.135 e. The van der Waals surface area contributed by atoms with Gasteiger partial charge in [0.15, 0.2) is 0 Å². The molecule has 8 aromatic carbocycles. The lowest BCUT2D eigenvalue weighted by Crippen LogP contribution is -1.85. The van der Waals surface area contributed by atoms with E-state index in [1.807, 2.05) is 11.3 Å². The maximum absolute atomic E-state index is 2.37. The number of benzene rings is 8. The van der Waals surface area contributed by atoms with E-state index in [4.69, 9.17) is 0 Å². The van der Waals surface area contributed by atoms with Gasteiger partial charge in [-0.15, -0.1) is 11.3 Å². The Kier molecular flexibility index (Phi) is 3.76. The predicted octanol–water partition coefficient (Wildman–Crippen LogP) is 10.9. The molecule has 0 unspecified atom stereocenters. The van der Waals surface area contributed by atoms with Gasteiger partial charge in [0.05, 0.1) is 0 Å². The Morgan fingerprint density at radius 3 is 0.946 bits per heavy atom. The van der Waals surface area contributed by atoms with Crippen molar-refractivity contribution in [2.75, 3.05) is 0 Å². The van der Waals surface area contributed by atoms with E-state index in [1.54, 1.807) is 0 Å². The van der Waals surface area contributed by atoms with E-state index in [0.717, 1.165) is 0 Å². The first-order valence-electron chi connectivity index (χ1n) is 12.8. The molecule has 0 saturated heterocycles. The van der Waals surface area contributed by atoms with Crippen LogP contribution in [0.2, 0.25) is 0 Å². The topological polar surface area (TPSA) is 0 Å². The van der Waals surface area contributed by atoms with Gasteiger partial charge in [-0.1, -0.05) is 84.9 Å². The van der Waals surface area contributed by atoms with Crippen LogP contribution in [0.3, 0.4) is 0 Å². The van der Waals surface area contributed by atoms with Crippen LogP contribution in [-0.2, 0) is 0 Å². The molecular weight excluding hydrogens is 464 g/mol. The normalized spacial score (nSPS) is 12.3. The maximum Gasteiger partial charge on any atom is 0.0349 e. The summed E-state index contributed by atoms with van der Waals surface area (Å²) in [6.45, 7) is 0. The molecule has 0 bridgehead atoms. The van der Waals surface area contributed by atoms with Crippen molar-refractivity contribution in [3.63, 3.8) is 0 Å². The van der Waals surface area contributed by atoms with Crippen LogP contribution >= 0.6 is 11.3 Å². The summed E-state index contributed by atoms with van der Waals surface area (Å²) in [5.41, 5.74) is 2.58. The zero-order valence-electron chi connectivity index (χ0n) is 20.0. The Bertz CT molecular complexity index is 2010. The van der Waals surface area contributed by atoms with Crippen molar-refractivity contribution in [1.29, 1.82) is 0 Å². The first-order valence-corrected chi connectivity index (χ1v) is 13.6. The third-order valence-electron chi connectivity index (χ3n) is 8.10. The second-order valence-electron chi connectivity index (χ2n) is 10.2. The van der Waals surface area contributed by atoms with E-state index in [9.17, 15) is 0 Å². The largest absolute Gasteiger partial charge is 0.135 e. The smallest absolute Gasteiger partial charge is 0.0349 e. The van der Waals surface area contributed by atoms with Gasteiger partial charge in [0, 0.05) is 9.75 Å². The second-order valence-corrected chi connectivity index (χ2v) is 11.3. The Balaban J connectivity index is 1.21. The quantitative estimate of drug-likeness (QED) is 0.214. The van der Waals surface area contributed by atoms with Crippen molar-refractivity contribution >= 4 is 76.0 Å². The van der Waals surface area contributed by atoms with Gasteiger partial charge in [-0.2, -0.15) is 0 Å². The molecule has 1 aromatic heterocycles. The molecule has 9 rings (SSSR count). The van der Waals surface area contributed by atoms with Crippen LogP contribution in [0.4, 0.5) is 0 Å². The Morgan fingerprint density at radius 2 is 0.595 bits per heavy atom. The van der Waals surface area contributed by atoms with E-state index < -0.39 is 0 Å². The maximum atomic E-state index is 2.37. The van der Waals surface area contributed by atoms with Crippen molar-refractivity contribution in [3.05, 3.63) is 121 Å². The fourth-order valence-electron chi connectivity index (χ4n) is 6.44. The van der Waals surface area contributed by atoms with E-state index in [2.05, 4.69) is 121 Å². The van der Waals surface area contributed by atoms with Crippen molar-refractivity contribution < 1.29 is 0 Å². The molecule has 0 fully saturated rings. The van der Waals surface area contributed by atoms with Crippen molar-refractivity contribution in [1.82, 2.24) is 0 Å². The van der Waals surface area contributed by atoms with Gasteiger partial charge in [-0.05, 0) is 112 Å². The van der Waals surface area contributed by atoms with Gasteiger partial charge in [-0.25, -0.2) is 0 Å². The predicted molar refractivity (Wildman–Crippen MR) is 163 cm³/mol.